The molecule has 0 aromatic rings. The van der Waals surface area contributed by atoms with Crippen LogP contribution in [0.5, 0.6) is 0 Å². The van der Waals surface area contributed by atoms with Crippen molar-refractivity contribution in [3.8, 4) is 6.07 Å². The first kappa shape index (κ1) is 11.0. The number of carboxylic acid groups (broad SMARTS) is 1. The van der Waals surface area contributed by atoms with E-state index in [4.69, 9.17) is 10.4 Å². The summed E-state index contributed by atoms with van der Waals surface area (Å²) in [6.45, 7) is 4.88. The minimum Gasteiger partial charge on any atom is -0.481 e. The van der Waals surface area contributed by atoms with Crippen LogP contribution in [-0.4, -0.2) is 35.1 Å². The van der Waals surface area contributed by atoms with E-state index in [9.17, 15) is 4.79 Å². The molecule has 1 saturated heterocycles. The Morgan fingerprint density at radius 1 is 1.71 bits per heavy atom. The van der Waals surface area contributed by atoms with Crippen LogP contribution in [0.4, 0.5) is 0 Å². The average Bonchev–Trinajstić information content (AvgIpc) is 2.16. The predicted octanol–water partition coefficient (Wildman–Crippen LogP) is 1.09. The van der Waals surface area contributed by atoms with Crippen LogP contribution in [0.15, 0.2) is 0 Å². The molecular formula is C10H16N2O2. The monoisotopic (exact) mass is 196 g/mol. The van der Waals surface area contributed by atoms with Crippen molar-refractivity contribution in [2.75, 3.05) is 13.1 Å². The van der Waals surface area contributed by atoms with Gasteiger partial charge in [-0.25, -0.2) is 0 Å². The van der Waals surface area contributed by atoms with E-state index < -0.39 is 11.4 Å². The molecular weight excluding hydrogens is 180 g/mol. The quantitative estimate of drug-likeness (QED) is 0.718. The van der Waals surface area contributed by atoms with Gasteiger partial charge in [-0.1, -0.05) is 0 Å². The molecule has 0 amide bonds. The van der Waals surface area contributed by atoms with Crippen molar-refractivity contribution in [2.45, 2.75) is 32.7 Å². The fourth-order valence-corrected chi connectivity index (χ4v) is 1.87. The van der Waals surface area contributed by atoms with E-state index in [-0.39, 0.29) is 6.04 Å². The summed E-state index contributed by atoms with van der Waals surface area (Å²) in [6, 6.07) is 1.96. The van der Waals surface area contributed by atoms with Crippen LogP contribution in [-0.2, 0) is 4.79 Å². The lowest BCUT2D eigenvalue weighted by molar-refractivity contribution is -0.151. The van der Waals surface area contributed by atoms with Gasteiger partial charge in [-0.15, -0.1) is 0 Å². The number of nitriles is 1. The van der Waals surface area contributed by atoms with Crippen molar-refractivity contribution in [3.05, 3.63) is 0 Å². The Balaban J connectivity index is 2.70. The SMILES string of the molecule is CC(C#N)N1CCCC(C)(C(=O)O)C1. The van der Waals surface area contributed by atoms with E-state index in [2.05, 4.69) is 6.07 Å². The topological polar surface area (TPSA) is 64.3 Å². The second-order valence-electron chi connectivity index (χ2n) is 4.24. The molecule has 1 fully saturated rings. The first-order chi connectivity index (χ1) is 6.49. The Labute approximate surface area is 84.1 Å². The van der Waals surface area contributed by atoms with E-state index in [1.807, 2.05) is 11.8 Å². The first-order valence-corrected chi connectivity index (χ1v) is 4.87. The molecule has 4 heteroatoms. The number of carbonyl (C=O) groups is 1. The van der Waals surface area contributed by atoms with Crippen LogP contribution in [0.3, 0.4) is 0 Å². The average molecular weight is 196 g/mol. The van der Waals surface area contributed by atoms with Crippen molar-refractivity contribution >= 4 is 5.97 Å². The molecule has 78 valence electrons. The molecule has 2 unspecified atom stereocenters. The van der Waals surface area contributed by atoms with Gasteiger partial charge in [-0.05, 0) is 33.2 Å². The molecule has 14 heavy (non-hydrogen) atoms. The summed E-state index contributed by atoms with van der Waals surface area (Å²) >= 11 is 0. The van der Waals surface area contributed by atoms with Crippen LogP contribution in [0.1, 0.15) is 26.7 Å². The van der Waals surface area contributed by atoms with Gasteiger partial charge < -0.3 is 5.11 Å². The Morgan fingerprint density at radius 2 is 2.36 bits per heavy atom. The maximum atomic E-state index is 11.0. The highest BCUT2D eigenvalue weighted by molar-refractivity contribution is 5.74. The van der Waals surface area contributed by atoms with Gasteiger partial charge in [-0.2, -0.15) is 5.26 Å². The fourth-order valence-electron chi connectivity index (χ4n) is 1.87. The number of rotatable bonds is 2. The summed E-state index contributed by atoms with van der Waals surface area (Å²) in [6.07, 6.45) is 1.56. The van der Waals surface area contributed by atoms with E-state index in [1.54, 1.807) is 6.92 Å². The fraction of sp³-hybridized carbons (Fsp3) is 0.800. The van der Waals surface area contributed by atoms with Gasteiger partial charge in [0.25, 0.3) is 0 Å². The molecule has 1 aliphatic heterocycles. The lowest BCUT2D eigenvalue weighted by Gasteiger charge is -2.38. The van der Waals surface area contributed by atoms with Gasteiger partial charge >= 0.3 is 5.97 Å². The third-order valence-corrected chi connectivity index (χ3v) is 2.98. The lowest BCUT2D eigenvalue weighted by atomic mass is 9.81. The molecule has 0 aromatic carbocycles. The van der Waals surface area contributed by atoms with E-state index in [0.29, 0.717) is 13.0 Å². The summed E-state index contributed by atoms with van der Waals surface area (Å²) in [5.41, 5.74) is -0.677. The maximum absolute atomic E-state index is 11.0. The highest BCUT2D eigenvalue weighted by atomic mass is 16.4. The Morgan fingerprint density at radius 3 is 2.86 bits per heavy atom. The molecule has 0 saturated carbocycles. The standard InChI is InChI=1S/C10H16N2O2/c1-8(6-11)12-5-3-4-10(2,7-12)9(13)14/h8H,3-5,7H2,1-2H3,(H,13,14). The molecule has 0 aliphatic carbocycles. The number of likely N-dealkylation sites (tertiary alicyclic amines) is 1. The number of hydrogen-bond acceptors (Lipinski definition) is 3. The van der Waals surface area contributed by atoms with Gasteiger partial charge in [-0.3, -0.25) is 9.69 Å². The molecule has 4 nitrogen and oxygen atoms in total. The van der Waals surface area contributed by atoms with E-state index in [1.165, 1.54) is 0 Å². The van der Waals surface area contributed by atoms with Crippen molar-refractivity contribution in [2.24, 2.45) is 5.41 Å². The molecule has 2 atom stereocenters. The summed E-state index contributed by atoms with van der Waals surface area (Å²) in [7, 11) is 0. The normalized spacial score (nSPS) is 30.6. The minimum absolute atomic E-state index is 0.186. The van der Waals surface area contributed by atoms with Crippen molar-refractivity contribution in [1.82, 2.24) is 4.90 Å². The zero-order chi connectivity index (χ0) is 10.8. The number of piperidine rings is 1. The molecule has 0 radical (unpaired) electrons. The third-order valence-electron chi connectivity index (χ3n) is 2.98. The highest BCUT2D eigenvalue weighted by Crippen LogP contribution is 2.30. The highest BCUT2D eigenvalue weighted by Gasteiger charge is 2.38. The largest absolute Gasteiger partial charge is 0.481 e. The van der Waals surface area contributed by atoms with Crippen molar-refractivity contribution < 1.29 is 9.90 Å². The molecule has 1 rings (SSSR count). The van der Waals surface area contributed by atoms with Gasteiger partial charge in [0.15, 0.2) is 0 Å². The smallest absolute Gasteiger partial charge is 0.310 e. The zero-order valence-electron chi connectivity index (χ0n) is 8.66. The zero-order valence-corrected chi connectivity index (χ0v) is 8.66. The maximum Gasteiger partial charge on any atom is 0.310 e. The molecule has 0 spiro atoms. The number of aliphatic carboxylic acids is 1. The Bertz CT molecular complexity index is 272. The first-order valence-electron chi connectivity index (χ1n) is 4.87. The second-order valence-corrected chi connectivity index (χ2v) is 4.24. The summed E-state index contributed by atoms with van der Waals surface area (Å²) in [5, 5.41) is 17.8. The Kier molecular flexibility index (Phi) is 3.12. The van der Waals surface area contributed by atoms with Crippen LogP contribution in [0.25, 0.3) is 0 Å². The van der Waals surface area contributed by atoms with Crippen LogP contribution < -0.4 is 0 Å². The van der Waals surface area contributed by atoms with Gasteiger partial charge in [0, 0.05) is 6.54 Å². The number of carboxylic acids is 1. The molecule has 0 bridgehead atoms. The second kappa shape index (κ2) is 3.97. The van der Waals surface area contributed by atoms with Crippen LogP contribution >= 0.6 is 0 Å². The summed E-state index contributed by atoms with van der Waals surface area (Å²) < 4.78 is 0. The van der Waals surface area contributed by atoms with Crippen LogP contribution in [0.2, 0.25) is 0 Å². The van der Waals surface area contributed by atoms with Crippen molar-refractivity contribution in [3.63, 3.8) is 0 Å². The number of nitrogens with zero attached hydrogens (tertiary/aromatic N) is 2. The Hall–Kier alpha value is -1.08. The molecule has 0 aromatic heterocycles. The van der Waals surface area contributed by atoms with E-state index >= 15 is 0 Å². The van der Waals surface area contributed by atoms with Crippen LogP contribution in [0, 0.1) is 16.7 Å². The lowest BCUT2D eigenvalue weighted by Crippen LogP contribution is -2.48. The van der Waals surface area contributed by atoms with Gasteiger partial charge in [0.2, 0.25) is 0 Å². The molecule has 1 heterocycles. The van der Waals surface area contributed by atoms with Gasteiger partial charge in [0.05, 0.1) is 17.5 Å². The molecule has 1 aliphatic rings. The predicted molar refractivity (Wildman–Crippen MR) is 51.6 cm³/mol. The van der Waals surface area contributed by atoms with E-state index in [0.717, 1.165) is 13.0 Å². The summed E-state index contributed by atoms with van der Waals surface area (Å²) in [5.74, 6) is -0.757. The number of hydrogen-bond donors (Lipinski definition) is 1. The summed E-state index contributed by atoms with van der Waals surface area (Å²) in [4.78, 5) is 13.0. The van der Waals surface area contributed by atoms with Gasteiger partial charge in [0.1, 0.15) is 0 Å². The molecule has 1 N–H and O–H groups in total. The van der Waals surface area contributed by atoms with Crippen molar-refractivity contribution in [1.29, 1.82) is 5.26 Å². The minimum atomic E-state index is -0.757. The third kappa shape index (κ3) is 2.05.